The number of unbranched alkanes of at least 4 members (excludes halogenated alkanes) is 32. The first kappa shape index (κ1) is 48.9. The highest BCUT2D eigenvalue weighted by atomic mass is 16.3. The van der Waals surface area contributed by atoms with Gasteiger partial charge < -0.3 is 15.5 Å². The van der Waals surface area contributed by atoms with Crippen LogP contribution < -0.4 is 5.32 Å². The Morgan fingerprint density at radius 2 is 0.780 bits per heavy atom. The molecule has 1 amide bonds. The Morgan fingerprint density at radius 1 is 0.460 bits per heavy atom. The van der Waals surface area contributed by atoms with Gasteiger partial charge in [-0.1, -0.05) is 231 Å². The Labute approximate surface area is 313 Å². The maximum Gasteiger partial charge on any atom is 0.220 e. The molecule has 0 aliphatic carbocycles. The number of rotatable bonds is 41. The highest BCUT2D eigenvalue weighted by molar-refractivity contribution is 5.76. The predicted molar refractivity (Wildman–Crippen MR) is 221 cm³/mol. The molecule has 4 nitrogen and oxygen atoms in total. The zero-order chi connectivity index (χ0) is 36.4. The molecular weight excluding hydrogens is 615 g/mol. The van der Waals surface area contributed by atoms with E-state index in [0.29, 0.717) is 6.42 Å². The normalized spacial score (nSPS) is 13.1. The Kier molecular flexibility index (Phi) is 41.3. The lowest BCUT2D eigenvalue weighted by atomic mass is 10.0. The zero-order valence-corrected chi connectivity index (χ0v) is 33.9. The molecule has 0 rings (SSSR count). The number of amides is 1. The van der Waals surface area contributed by atoms with Crippen molar-refractivity contribution in [3.63, 3.8) is 0 Å². The van der Waals surface area contributed by atoms with Crippen LogP contribution in [0.25, 0.3) is 0 Å². The fraction of sp³-hybridized carbons (Fsp3) is 0.891. The summed E-state index contributed by atoms with van der Waals surface area (Å²) in [6.07, 6.45) is 54.6. The number of aliphatic hydroxyl groups excluding tert-OH is 2. The number of hydrogen-bond acceptors (Lipinski definition) is 3. The van der Waals surface area contributed by atoms with Gasteiger partial charge in [-0.05, 0) is 32.1 Å². The van der Waals surface area contributed by atoms with Crippen LogP contribution in [0.15, 0.2) is 24.3 Å². The van der Waals surface area contributed by atoms with E-state index >= 15 is 0 Å². The number of nitrogens with one attached hydrogen (secondary N) is 1. The van der Waals surface area contributed by atoms with Gasteiger partial charge >= 0.3 is 0 Å². The van der Waals surface area contributed by atoms with Crippen LogP contribution in [0.4, 0.5) is 0 Å². The van der Waals surface area contributed by atoms with Gasteiger partial charge in [0.05, 0.1) is 18.8 Å². The van der Waals surface area contributed by atoms with Gasteiger partial charge in [0.15, 0.2) is 0 Å². The molecule has 0 aliphatic heterocycles. The molecule has 0 saturated heterocycles. The fourth-order valence-electron chi connectivity index (χ4n) is 6.96. The van der Waals surface area contributed by atoms with E-state index in [9.17, 15) is 15.0 Å². The first-order chi connectivity index (χ1) is 24.7. The van der Waals surface area contributed by atoms with Crippen LogP contribution in [-0.2, 0) is 4.79 Å². The molecule has 0 aliphatic rings. The van der Waals surface area contributed by atoms with Gasteiger partial charge in [-0.2, -0.15) is 0 Å². The fourth-order valence-corrected chi connectivity index (χ4v) is 6.96. The Hall–Kier alpha value is -1.13. The Balaban J connectivity index is 3.48. The molecule has 0 aromatic heterocycles. The van der Waals surface area contributed by atoms with Crippen LogP contribution >= 0.6 is 0 Å². The summed E-state index contributed by atoms with van der Waals surface area (Å²) in [5.41, 5.74) is 0. The maximum absolute atomic E-state index is 12.3. The Bertz CT molecular complexity index is 720. The average molecular weight is 704 g/mol. The van der Waals surface area contributed by atoms with Crippen molar-refractivity contribution in [3.05, 3.63) is 24.3 Å². The van der Waals surface area contributed by atoms with Gasteiger partial charge in [-0.3, -0.25) is 4.79 Å². The number of carbonyl (C=O) groups excluding carboxylic acids is 1. The molecule has 0 saturated carbocycles. The second kappa shape index (κ2) is 42.3. The summed E-state index contributed by atoms with van der Waals surface area (Å²) in [7, 11) is 0. The number of hydrogen-bond donors (Lipinski definition) is 3. The molecule has 2 atom stereocenters. The first-order valence-corrected chi connectivity index (χ1v) is 22.6. The highest BCUT2D eigenvalue weighted by Crippen LogP contribution is 2.16. The van der Waals surface area contributed by atoms with Gasteiger partial charge in [-0.25, -0.2) is 0 Å². The highest BCUT2D eigenvalue weighted by Gasteiger charge is 2.17. The summed E-state index contributed by atoms with van der Waals surface area (Å²) in [4.78, 5) is 12.3. The largest absolute Gasteiger partial charge is 0.394 e. The molecule has 0 aromatic rings. The lowest BCUT2D eigenvalue weighted by Crippen LogP contribution is -2.45. The molecule has 0 bridgehead atoms. The minimum atomic E-state index is -0.857. The monoisotopic (exact) mass is 704 g/mol. The van der Waals surface area contributed by atoms with Crippen LogP contribution in [0.3, 0.4) is 0 Å². The van der Waals surface area contributed by atoms with E-state index in [-0.39, 0.29) is 12.5 Å². The van der Waals surface area contributed by atoms with Crippen molar-refractivity contribution in [3.8, 4) is 0 Å². The lowest BCUT2D eigenvalue weighted by molar-refractivity contribution is -0.123. The van der Waals surface area contributed by atoms with Crippen molar-refractivity contribution in [2.45, 2.75) is 257 Å². The summed E-state index contributed by atoms with van der Waals surface area (Å²) in [5, 5.41) is 22.9. The number of allylic oxidation sites excluding steroid dienone is 3. The molecule has 0 radical (unpaired) electrons. The predicted octanol–water partition coefficient (Wildman–Crippen LogP) is 14.0. The molecule has 0 heterocycles. The standard InChI is InChI=1S/C46H89NO3/c1-3-5-7-9-11-13-14-15-16-17-18-19-20-21-22-23-24-25-26-27-28-29-30-31-32-34-35-37-39-41-45(49)44(43-48)47-46(50)42-40-38-36-33-12-10-8-6-4-2/h32,34,39,41,44-45,48-49H,3-31,33,35-38,40,42-43H2,1-2H3,(H,47,50)/b34-32+,41-39+. The van der Waals surface area contributed by atoms with E-state index in [0.717, 1.165) is 32.1 Å². The van der Waals surface area contributed by atoms with Crippen LogP contribution in [0.1, 0.15) is 245 Å². The third-order valence-corrected chi connectivity index (χ3v) is 10.4. The van der Waals surface area contributed by atoms with Crippen molar-refractivity contribution in [1.29, 1.82) is 0 Å². The van der Waals surface area contributed by atoms with E-state index in [4.69, 9.17) is 0 Å². The molecule has 296 valence electrons. The van der Waals surface area contributed by atoms with E-state index in [2.05, 4.69) is 31.3 Å². The van der Waals surface area contributed by atoms with Crippen LogP contribution in [0.5, 0.6) is 0 Å². The first-order valence-electron chi connectivity index (χ1n) is 22.6. The summed E-state index contributed by atoms with van der Waals surface area (Å²) in [6.45, 7) is 4.28. The van der Waals surface area contributed by atoms with Gasteiger partial charge in [0.1, 0.15) is 0 Å². The molecular formula is C46H89NO3. The van der Waals surface area contributed by atoms with Crippen molar-refractivity contribution in [2.75, 3.05) is 6.61 Å². The summed E-state index contributed by atoms with van der Waals surface area (Å²) < 4.78 is 0. The Morgan fingerprint density at radius 3 is 1.16 bits per heavy atom. The molecule has 0 fully saturated rings. The van der Waals surface area contributed by atoms with Crippen LogP contribution in [0.2, 0.25) is 0 Å². The van der Waals surface area contributed by atoms with Crippen molar-refractivity contribution < 1.29 is 15.0 Å². The molecule has 0 spiro atoms. The lowest BCUT2D eigenvalue weighted by Gasteiger charge is -2.19. The minimum Gasteiger partial charge on any atom is -0.394 e. The second-order valence-electron chi connectivity index (χ2n) is 15.5. The van der Waals surface area contributed by atoms with E-state index < -0.39 is 12.1 Å². The average Bonchev–Trinajstić information content (AvgIpc) is 3.12. The molecule has 4 heteroatoms. The zero-order valence-electron chi connectivity index (χ0n) is 33.9. The molecule has 0 aromatic carbocycles. The summed E-state index contributed by atoms with van der Waals surface area (Å²) >= 11 is 0. The molecule has 3 N–H and O–H groups in total. The maximum atomic E-state index is 12.3. The van der Waals surface area contributed by atoms with E-state index in [1.54, 1.807) is 6.08 Å². The summed E-state index contributed by atoms with van der Waals surface area (Å²) in [5.74, 6) is -0.0760. The van der Waals surface area contributed by atoms with Crippen LogP contribution in [0, 0.1) is 0 Å². The van der Waals surface area contributed by atoms with Gasteiger partial charge in [-0.15, -0.1) is 0 Å². The molecule has 50 heavy (non-hydrogen) atoms. The topological polar surface area (TPSA) is 69.6 Å². The third kappa shape index (κ3) is 38.1. The molecule has 2 unspecified atom stereocenters. The summed E-state index contributed by atoms with van der Waals surface area (Å²) in [6, 6.07) is -0.633. The van der Waals surface area contributed by atoms with Crippen molar-refractivity contribution >= 4 is 5.91 Å². The van der Waals surface area contributed by atoms with Gasteiger partial charge in [0.25, 0.3) is 0 Å². The number of carbonyl (C=O) groups is 1. The second-order valence-corrected chi connectivity index (χ2v) is 15.5. The SMILES string of the molecule is CCCCCCCCCCCCCCCCCCCCCCCCC/C=C/CC/C=C/C(O)C(CO)NC(=O)CCCCCCCCCCC. The quantitative estimate of drug-likeness (QED) is 0.0438. The minimum absolute atomic E-state index is 0.0760. The third-order valence-electron chi connectivity index (χ3n) is 10.4. The smallest absolute Gasteiger partial charge is 0.220 e. The van der Waals surface area contributed by atoms with Gasteiger partial charge in [0.2, 0.25) is 5.91 Å². The van der Waals surface area contributed by atoms with Gasteiger partial charge in [0, 0.05) is 6.42 Å². The van der Waals surface area contributed by atoms with Crippen molar-refractivity contribution in [1.82, 2.24) is 5.32 Å². The number of aliphatic hydroxyl groups is 2. The van der Waals surface area contributed by atoms with E-state index in [1.807, 2.05) is 6.08 Å². The van der Waals surface area contributed by atoms with Crippen LogP contribution in [-0.4, -0.2) is 34.9 Å². The van der Waals surface area contributed by atoms with E-state index in [1.165, 1.54) is 193 Å². The van der Waals surface area contributed by atoms with Crippen molar-refractivity contribution in [2.24, 2.45) is 0 Å².